The van der Waals surface area contributed by atoms with Gasteiger partial charge in [-0.1, -0.05) is 30.3 Å². The number of guanidine groups is 1. The molecule has 1 aromatic carbocycles. The minimum atomic E-state index is 0.488. The van der Waals surface area contributed by atoms with Crippen molar-refractivity contribution >= 4 is 17.3 Å². The highest BCUT2D eigenvalue weighted by atomic mass is 32.1. The van der Waals surface area contributed by atoms with Gasteiger partial charge in [0, 0.05) is 30.9 Å². The third kappa shape index (κ3) is 4.10. The van der Waals surface area contributed by atoms with Crippen LogP contribution in [0, 0.1) is 6.92 Å². The molecular formula is C18H24N4S. The Morgan fingerprint density at radius 3 is 2.83 bits per heavy atom. The largest absolute Gasteiger partial charge is 0.353 e. The standard InChI is InChI=1S/C18H24N4S/c1-4-19-18(22(3)11-15-12-23-13(2)20-15)21-17-10-16(17)14-8-6-5-7-9-14/h5-9,12,16-17H,4,10-11H2,1-3H3,(H,19,21). The van der Waals surface area contributed by atoms with Gasteiger partial charge in [-0.3, -0.25) is 4.99 Å². The predicted molar refractivity (Wildman–Crippen MR) is 97.0 cm³/mol. The second kappa shape index (κ2) is 7.13. The summed E-state index contributed by atoms with van der Waals surface area (Å²) in [5.74, 6) is 1.58. The fraction of sp³-hybridized carbons (Fsp3) is 0.444. The third-order valence-corrected chi connectivity index (χ3v) is 4.89. The molecule has 0 radical (unpaired) electrons. The molecule has 1 aromatic heterocycles. The number of aryl methyl sites for hydroxylation is 1. The molecule has 1 saturated carbocycles. The van der Waals surface area contributed by atoms with Crippen molar-refractivity contribution in [1.82, 2.24) is 15.2 Å². The highest BCUT2D eigenvalue weighted by molar-refractivity contribution is 7.09. The molecule has 0 aliphatic heterocycles. The Labute approximate surface area is 142 Å². The first-order valence-electron chi connectivity index (χ1n) is 8.15. The molecule has 4 nitrogen and oxygen atoms in total. The van der Waals surface area contributed by atoms with Gasteiger partial charge in [-0.05, 0) is 25.8 Å². The summed E-state index contributed by atoms with van der Waals surface area (Å²) in [6.07, 6.45) is 1.18. The van der Waals surface area contributed by atoms with E-state index in [1.807, 2.05) is 6.92 Å². The molecular weight excluding hydrogens is 304 g/mol. The first-order chi connectivity index (χ1) is 11.2. The molecule has 2 aromatic rings. The molecule has 122 valence electrons. The van der Waals surface area contributed by atoms with E-state index < -0.39 is 0 Å². The molecule has 5 heteroatoms. The van der Waals surface area contributed by atoms with Crippen molar-refractivity contribution in [2.45, 2.75) is 38.8 Å². The Balaban J connectivity index is 1.60. The highest BCUT2D eigenvalue weighted by Gasteiger charge is 2.39. The molecule has 23 heavy (non-hydrogen) atoms. The van der Waals surface area contributed by atoms with Crippen molar-refractivity contribution in [3.8, 4) is 0 Å². The molecule has 3 rings (SSSR count). The van der Waals surface area contributed by atoms with Crippen molar-refractivity contribution < 1.29 is 0 Å². The third-order valence-electron chi connectivity index (χ3n) is 4.07. The van der Waals surface area contributed by atoms with Crippen LogP contribution < -0.4 is 5.32 Å². The van der Waals surface area contributed by atoms with Crippen molar-refractivity contribution in [2.24, 2.45) is 4.99 Å². The van der Waals surface area contributed by atoms with Crippen LogP contribution in [0.1, 0.15) is 35.5 Å². The van der Waals surface area contributed by atoms with Crippen LogP contribution in [0.2, 0.25) is 0 Å². The average molecular weight is 328 g/mol. The van der Waals surface area contributed by atoms with E-state index in [1.165, 1.54) is 12.0 Å². The lowest BCUT2D eigenvalue weighted by molar-refractivity contribution is 0.468. The molecule has 0 spiro atoms. The minimum absolute atomic E-state index is 0.488. The van der Waals surface area contributed by atoms with Gasteiger partial charge < -0.3 is 10.2 Å². The van der Waals surface area contributed by atoms with Gasteiger partial charge in [0.25, 0.3) is 0 Å². The van der Waals surface area contributed by atoms with Gasteiger partial charge in [0.15, 0.2) is 5.96 Å². The molecule has 0 bridgehead atoms. The Bertz CT molecular complexity index is 665. The lowest BCUT2D eigenvalue weighted by Gasteiger charge is -2.22. The average Bonchev–Trinajstić information content (AvgIpc) is 3.21. The fourth-order valence-corrected chi connectivity index (χ4v) is 3.42. The summed E-state index contributed by atoms with van der Waals surface area (Å²) < 4.78 is 0. The number of benzene rings is 1. The van der Waals surface area contributed by atoms with Crippen LogP contribution in [0.15, 0.2) is 40.7 Å². The fourth-order valence-electron chi connectivity index (χ4n) is 2.81. The molecule has 1 aliphatic carbocycles. The van der Waals surface area contributed by atoms with Crippen LogP contribution in [0.4, 0.5) is 0 Å². The monoisotopic (exact) mass is 328 g/mol. The molecule has 2 atom stereocenters. The van der Waals surface area contributed by atoms with E-state index in [4.69, 9.17) is 0 Å². The van der Waals surface area contributed by atoms with Crippen molar-refractivity contribution in [1.29, 1.82) is 0 Å². The van der Waals surface area contributed by atoms with Gasteiger partial charge in [0.1, 0.15) is 0 Å². The van der Waals surface area contributed by atoms with Crippen molar-refractivity contribution in [3.63, 3.8) is 0 Å². The van der Waals surface area contributed by atoms with Crippen LogP contribution in [-0.4, -0.2) is 35.5 Å². The first kappa shape index (κ1) is 16.0. The highest BCUT2D eigenvalue weighted by Crippen LogP contribution is 2.40. The van der Waals surface area contributed by atoms with Crippen molar-refractivity contribution in [3.05, 3.63) is 52.0 Å². The SMILES string of the molecule is CCN=C(NC1CC1c1ccccc1)N(C)Cc1csc(C)n1. The van der Waals surface area contributed by atoms with E-state index in [0.717, 1.165) is 29.8 Å². The van der Waals surface area contributed by atoms with E-state index in [1.54, 1.807) is 11.3 Å². The second-order valence-corrected chi connectivity index (χ2v) is 7.08. The number of nitrogens with zero attached hydrogens (tertiary/aromatic N) is 3. The number of aromatic nitrogens is 1. The Kier molecular flexibility index (Phi) is 4.96. The summed E-state index contributed by atoms with van der Waals surface area (Å²) in [4.78, 5) is 11.4. The zero-order valence-corrected chi connectivity index (χ0v) is 14.8. The normalized spacial score (nSPS) is 20.4. The zero-order chi connectivity index (χ0) is 16.2. The number of rotatable bonds is 5. The summed E-state index contributed by atoms with van der Waals surface area (Å²) in [5.41, 5.74) is 2.52. The van der Waals surface area contributed by atoms with Gasteiger partial charge in [0.05, 0.1) is 17.2 Å². The van der Waals surface area contributed by atoms with Crippen LogP contribution >= 0.6 is 11.3 Å². The minimum Gasteiger partial charge on any atom is -0.353 e. The van der Waals surface area contributed by atoms with E-state index in [0.29, 0.717) is 12.0 Å². The molecule has 1 fully saturated rings. The van der Waals surface area contributed by atoms with E-state index in [9.17, 15) is 0 Å². The van der Waals surface area contributed by atoms with Gasteiger partial charge >= 0.3 is 0 Å². The summed E-state index contributed by atoms with van der Waals surface area (Å²) >= 11 is 1.70. The molecule has 1 aliphatic rings. The number of nitrogens with one attached hydrogen (secondary N) is 1. The van der Waals surface area contributed by atoms with Crippen molar-refractivity contribution in [2.75, 3.05) is 13.6 Å². The zero-order valence-electron chi connectivity index (χ0n) is 14.0. The molecule has 2 unspecified atom stereocenters. The van der Waals surface area contributed by atoms with Gasteiger partial charge in [-0.15, -0.1) is 11.3 Å². The van der Waals surface area contributed by atoms with Crippen LogP contribution in [-0.2, 0) is 6.54 Å². The van der Waals surface area contributed by atoms with Gasteiger partial charge in [-0.25, -0.2) is 4.98 Å². The maximum atomic E-state index is 4.64. The maximum Gasteiger partial charge on any atom is 0.194 e. The number of hydrogen-bond donors (Lipinski definition) is 1. The number of hydrogen-bond acceptors (Lipinski definition) is 3. The topological polar surface area (TPSA) is 40.5 Å². The molecule has 0 saturated heterocycles. The quantitative estimate of drug-likeness (QED) is 0.675. The van der Waals surface area contributed by atoms with E-state index in [2.05, 4.69) is 69.9 Å². The Morgan fingerprint density at radius 1 is 1.39 bits per heavy atom. The Morgan fingerprint density at radius 2 is 2.17 bits per heavy atom. The van der Waals surface area contributed by atoms with Crippen LogP contribution in [0.3, 0.4) is 0 Å². The smallest absolute Gasteiger partial charge is 0.194 e. The molecule has 1 N–H and O–H groups in total. The summed E-state index contributed by atoms with van der Waals surface area (Å²) in [6, 6.07) is 11.2. The van der Waals surface area contributed by atoms with Gasteiger partial charge in [0.2, 0.25) is 0 Å². The van der Waals surface area contributed by atoms with Gasteiger partial charge in [-0.2, -0.15) is 0 Å². The number of thiazole rings is 1. The molecule has 0 amide bonds. The van der Waals surface area contributed by atoms with Crippen LogP contribution in [0.5, 0.6) is 0 Å². The molecule has 1 heterocycles. The van der Waals surface area contributed by atoms with E-state index >= 15 is 0 Å². The lowest BCUT2D eigenvalue weighted by Crippen LogP contribution is -2.40. The summed E-state index contributed by atoms with van der Waals surface area (Å²) in [7, 11) is 2.08. The lowest BCUT2D eigenvalue weighted by atomic mass is 10.1. The summed E-state index contributed by atoms with van der Waals surface area (Å²) in [5, 5.41) is 6.86. The van der Waals surface area contributed by atoms with Crippen LogP contribution in [0.25, 0.3) is 0 Å². The predicted octanol–water partition coefficient (Wildman–Crippen LogP) is 3.40. The Hall–Kier alpha value is -1.88. The summed E-state index contributed by atoms with van der Waals surface area (Å²) in [6.45, 7) is 5.69. The van der Waals surface area contributed by atoms with E-state index in [-0.39, 0.29) is 0 Å². The first-order valence-corrected chi connectivity index (χ1v) is 9.03. The second-order valence-electron chi connectivity index (χ2n) is 6.02. The number of aliphatic imine (C=N–C) groups is 1. The maximum absolute atomic E-state index is 4.64.